The van der Waals surface area contributed by atoms with Crippen molar-refractivity contribution in [1.82, 2.24) is 19.8 Å². The van der Waals surface area contributed by atoms with Crippen molar-refractivity contribution in [3.8, 4) is 5.75 Å². The van der Waals surface area contributed by atoms with Gasteiger partial charge in [0.1, 0.15) is 18.0 Å². The van der Waals surface area contributed by atoms with Crippen molar-refractivity contribution in [2.45, 2.75) is 38.0 Å². The van der Waals surface area contributed by atoms with Gasteiger partial charge in [-0.15, -0.1) is 0 Å². The minimum absolute atomic E-state index is 0.0102. The van der Waals surface area contributed by atoms with E-state index in [0.717, 1.165) is 27.5 Å². The molecule has 2 fully saturated rings. The summed E-state index contributed by atoms with van der Waals surface area (Å²) < 4.78 is 0. The van der Waals surface area contributed by atoms with Crippen LogP contribution in [-0.4, -0.2) is 75.0 Å². The number of aromatic hydroxyl groups is 1. The maximum Gasteiger partial charge on any atom is 0.246 e. The van der Waals surface area contributed by atoms with Crippen LogP contribution in [0, 0.1) is 0 Å². The van der Waals surface area contributed by atoms with Gasteiger partial charge in [-0.05, 0) is 46.0 Å². The molecule has 4 aromatic carbocycles. The lowest BCUT2D eigenvalue weighted by Crippen LogP contribution is -2.75. The van der Waals surface area contributed by atoms with Gasteiger partial charge in [0.2, 0.25) is 17.7 Å². The van der Waals surface area contributed by atoms with Crippen LogP contribution in [0.2, 0.25) is 0 Å². The number of hydrogen-bond acceptors (Lipinski definition) is 5. The van der Waals surface area contributed by atoms with E-state index in [2.05, 4.69) is 6.07 Å². The van der Waals surface area contributed by atoms with E-state index in [4.69, 9.17) is 0 Å². The molecule has 6 rings (SSSR count). The molecule has 42 heavy (non-hydrogen) atoms. The Labute approximate surface area is 245 Å². The van der Waals surface area contributed by atoms with Crippen molar-refractivity contribution >= 4 is 28.5 Å². The van der Waals surface area contributed by atoms with Gasteiger partial charge in [-0.25, -0.2) is 5.01 Å². The third kappa shape index (κ3) is 5.45. The summed E-state index contributed by atoms with van der Waals surface area (Å²) in [5.41, 5.74) is 2.90. The summed E-state index contributed by atoms with van der Waals surface area (Å²) in [6.45, 7) is 0.581. The van der Waals surface area contributed by atoms with E-state index in [1.807, 2.05) is 66.7 Å². The number of hydrogen-bond donors (Lipinski definition) is 1. The zero-order valence-corrected chi connectivity index (χ0v) is 23.6. The number of carbonyl (C=O) groups excluding carboxylic acids is 3. The molecule has 2 saturated heterocycles. The Balaban J connectivity index is 1.34. The first-order valence-electron chi connectivity index (χ1n) is 14.3. The molecule has 1 N–H and O–H groups in total. The summed E-state index contributed by atoms with van der Waals surface area (Å²) in [7, 11) is 1.76. The van der Waals surface area contributed by atoms with Crippen LogP contribution in [0.5, 0.6) is 5.75 Å². The second-order valence-electron chi connectivity index (χ2n) is 11.1. The Morgan fingerprint density at radius 3 is 2.36 bits per heavy atom. The lowest BCUT2D eigenvalue weighted by molar-refractivity contribution is -0.202. The zero-order valence-electron chi connectivity index (χ0n) is 23.6. The third-order valence-electron chi connectivity index (χ3n) is 8.27. The number of carbonyl (C=O) groups is 3. The zero-order chi connectivity index (χ0) is 29.2. The number of likely N-dealkylation sites (N-methyl/N-ethyl adjacent to an activating group) is 1. The smallest absolute Gasteiger partial charge is 0.246 e. The molecule has 2 aliphatic heterocycles. The van der Waals surface area contributed by atoms with Gasteiger partial charge in [-0.1, -0.05) is 84.9 Å². The summed E-state index contributed by atoms with van der Waals surface area (Å²) in [6.07, 6.45) is 0.519. The minimum atomic E-state index is -0.783. The van der Waals surface area contributed by atoms with Crippen molar-refractivity contribution in [2.75, 3.05) is 20.1 Å². The normalized spacial score (nSPS) is 19.3. The van der Waals surface area contributed by atoms with E-state index >= 15 is 0 Å². The van der Waals surface area contributed by atoms with Gasteiger partial charge in [0.05, 0.1) is 13.1 Å². The molecule has 8 heteroatoms. The summed E-state index contributed by atoms with van der Waals surface area (Å²) in [4.78, 5) is 44.9. The topological polar surface area (TPSA) is 84.4 Å². The molecule has 3 amide bonds. The van der Waals surface area contributed by atoms with Gasteiger partial charge in [0.15, 0.2) is 0 Å². The predicted octanol–water partition coefficient (Wildman–Crippen LogP) is 3.98. The molecule has 0 aromatic heterocycles. The van der Waals surface area contributed by atoms with Crippen LogP contribution >= 0.6 is 0 Å². The molecule has 8 nitrogen and oxygen atoms in total. The quantitative estimate of drug-likeness (QED) is 0.369. The average Bonchev–Trinajstić information content (AvgIpc) is 2.99. The number of hydrazine groups is 1. The van der Waals surface area contributed by atoms with Crippen LogP contribution in [0.1, 0.15) is 23.1 Å². The highest BCUT2D eigenvalue weighted by Crippen LogP contribution is 2.30. The second kappa shape index (κ2) is 11.7. The lowest BCUT2D eigenvalue weighted by atomic mass is 9.97. The van der Waals surface area contributed by atoms with Crippen LogP contribution in [0.25, 0.3) is 10.8 Å². The first-order valence-corrected chi connectivity index (χ1v) is 14.3. The highest BCUT2D eigenvalue weighted by Gasteiger charge is 2.50. The van der Waals surface area contributed by atoms with E-state index in [1.165, 1.54) is 0 Å². The molecule has 0 unspecified atom stereocenters. The molecule has 0 saturated carbocycles. The maximum absolute atomic E-state index is 14.2. The number of piperazine rings is 1. The second-order valence-corrected chi connectivity index (χ2v) is 11.1. The molecule has 0 radical (unpaired) electrons. The third-order valence-corrected chi connectivity index (χ3v) is 8.27. The molecule has 0 aliphatic carbocycles. The fourth-order valence-corrected chi connectivity index (χ4v) is 6.22. The van der Waals surface area contributed by atoms with E-state index in [9.17, 15) is 19.5 Å². The number of phenols is 1. The number of fused-ring (bicyclic) bond motifs is 2. The number of phenolic OH excluding ortho intramolecular Hbond substituents is 1. The lowest BCUT2D eigenvalue weighted by Gasteiger charge is -2.54. The number of benzene rings is 4. The minimum Gasteiger partial charge on any atom is -0.508 e. The van der Waals surface area contributed by atoms with Gasteiger partial charge in [0, 0.05) is 26.4 Å². The Morgan fingerprint density at radius 2 is 1.57 bits per heavy atom. The number of nitrogens with zero attached hydrogens (tertiary/aromatic N) is 4. The Bertz CT molecular complexity index is 1600. The summed E-state index contributed by atoms with van der Waals surface area (Å²) >= 11 is 0. The molecular formula is C34H34N4O4. The highest BCUT2D eigenvalue weighted by molar-refractivity contribution is 5.92. The van der Waals surface area contributed by atoms with E-state index in [0.29, 0.717) is 13.0 Å². The SMILES string of the molecule is CN1CC(=O)N2[C@@H](Cc3ccc(O)cc3)C(=O)N(Cc3cccc4ccccc34)C[C@@H]2N1C(=O)CCc1ccccc1. The largest absolute Gasteiger partial charge is 0.508 e. The maximum atomic E-state index is 14.2. The molecular weight excluding hydrogens is 528 g/mol. The van der Waals surface area contributed by atoms with Crippen LogP contribution in [-0.2, 0) is 33.8 Å². The van der Waals surface area contributed by atoms with Gasteiger partial charge >= 0.3 is 0 Å². The molecule has 2 aliphatic rings. The summed E-state index contributed by atoms with van der Waals surface area (Å²) in [5.74, 6) is -0.292. The number of rotatable bonds is 7. The number of aryl methyl sites for hydroxylation is 1. The first kappa shape index (κ1) is 27.5. The fourth-order valence-electron chi connectivity index (χ4n) is 6.22. The van der Waals surface area contributed by atoms with Crippen molar-refractivity contribution < 1.29 is 19.5 Å². The van der Waals surface area contributed by atoms with E-state index < -0.39 is 12.2 Å². The Hall–Kier alpha value is -4.69. The van der Waals surface area contributed by atoms with Gasteiger partial charge in [-0.3, -0.25) is 19.4 Å². The highest BCUT2D eigenvalue weighted by atomic mass is 16.3. The molecule has 0 bridgehead atoms. The Morgan fingerprint density at radius 1 is 0.857 bits per heavy atom. The fraction of sp³-hybridized carbons (Fsp3) is 0.265. The number of amides is 3. The van der Waals surface area contributed by atoms with Crippen molar-refractivity contribution in [3.05, 3.63) is 114 Å². The van der Waals surface area contributed by atoms with Crippen LogP contribution in [0.15, 0.2) is 97.1 Å². The van der Waals surface area contributed by atoms with Crippen molar-refractivity contribution in [1.29, 1.82) is 0 Å². The monoisotopic (exact) mass is 562 g/mol. The van der Waals surface area contributed by atoms with Crippen molar-refractivity contribution in [3.63, 3.8) is 0 Å². The van der Waals surface area contributed by atoms with Crippen LogP contribution in [0.3, 0.4) is 0 Å². The van der Waals surface area contributed by atoms with Gasteiger partial charge in [-0.2, -0.15) is 0 Å². The molecule has 4 aromatic rings. The predicted molar refractivity (Wildman–Crippen MR) is 160 cm³/mol. The molecule has 2 heterocycles. The van der Waals surface area contributed by atoms with Crippen molar-refractivity contribution in [2.24, 2.45) is 0 Å². The van der Waals surface area contributed by atoms with E-state index in [-0.39, 0.29) is 49.4 Å². The van der Waals surface area contributed by atoms with E-state index in [1.54, 1.807) is 51.1 Å². The summed E-state index contributed by atoms with van der Waals surface area (Å²) in [6, 6.07) is 29.9. The van der Waals surface area contributed by atoms with Crippen LogP contribution in [0.4, 0.5) is 0 Å². The molecule has 0 spiro atoms. The molecule has 2 atom stereocenters. The van der Waals surface area contributed by atoms with Gasteiger partial charge < -0.3 is 14.9 Å². The van der Waals surface area contributed by atoms with Gasteiger partial charge in [0.25, 0.3) is 0 Å². The Kier molecular flexibility index (Phi) is 7.63. The first-order chi connectivity index (χ1) is 20.4. The standard InChI is InChI=1S/C34H34N4O4/c1-35-23-33(41)37-30(20-25-14-17-28(39)18-15-25)34(42)36(21-27-12-7-11-26-10-5-6-13-29(26)27)22-31(37)38(35)32(40)19-16-24-8-3-2-4-9-24/h2-15,17-18,30-31,39H,16,19-23H2,1H3/t30-,31-/m0/s1. The summed E-state index contributed by atoms with van der Waals surface area (Å²) in [5, 5.41) is 15.3. The van der Waals surface area contributed by atoms with Crippen LogP contribution < -0.4 is 0 Å². The molecule has 214 valence electrons. The average molecular weight is 563 g/mol.